The summed E-state index contributed by atoms with van der Waals surface area (Å²) < 4.78 is 5.17. The summed E-state index contributed by atoms with van der Waals surface area (Å²) in [7, 11) is 4.02. The molecule has 0 aliphatic heterocycles. The van der Waals surface area contributed by atoms with Crippen LogP contribution in [0.5, 0.6) is 0 Å². The van der Waals surface area contributed by atoms with Gasteiger partial charge < -0.3 is 14.6 Å². The van der Waals surface area contributed by atoms with Gasteiger partial charge in [0.15, 0.2) is 5.82 Å². The van der Waals surface area contributed by atoms with Gasteiger partial charge >= 0.3 is 0 Å². The van der Waals surface area contributed by atoms with E-state index in [-0.39, 0.29) is 0 Å². The predicted molar refractivity (Wildman–Crippen MR) is 77.9 cm³/mol. The van der Waals surface area contributed by atoms with E-state index >= 15 is 0 Å². The molecule has 5 nitrogen and oxygen atoms in total. The average Bonchev–Trinajstić information content (AvgIpc) is 2.96. The van der Waals surface area contributed by atoms with Gasteiger partial charge in [-0.2, -0.15) is 5.10 Å². The Morgan fingerprint density at radius 1 is 1.37 bits per heavy atom. The first-order valence-corrected chi connectivity index (χ1v) is 6.63. The van der Waals surface area contributed by atoms with Gasteiger partial charge in [-0.1, -0.05) is 6.92 Å². The third-order valence-electron chi connectivity index (χ3n) is 3.28. The number of nitrogens with one attached hydrogen (secondary N) is 2. The summed E-state index contributed by atoms with van der Waals surface area (Å²) in [5, 5.41) is 10.8. The maximum Gasteiger partial charge on any atom is 0.155 e. The van der Waals surface area contributed by atoms with E-state index in [1.165, 1.54) is 16.7 Å². The third-order valence-corrected chi connectivity index (χ3v) is 3.28. The van der Waals surface area contributed by atoms with Crippen LogP contribution in [0.15, 0.2) is 16.9 Å². The Hall–Kier alpha value is -1.91. The third kappa shape index (κ3) is 2.92. The molecule has 2 N–H and O–H groups in total. The summed E-state index contributed by atoms with van der Waals surface area (Å²) in [6.07, 6.45) is 5.50. The summed E-state index contributed by atoms with van der Waals surface area (Å²) in [5.41, 5.74) is 3.68. The lowest BCUT2D eigenvalue weighted by Gasteiger charge is -2.11. The molecule has 19 heavy (non-hydrogen) atoms. The zero-order valence-electron chi connectivity index (χ0n) is 12.1. The smallest absolute Gasteiger partial charge is 0.155 e. The minimum absolute atomic E-state index is 0.864. The Morgan fingerprint density at radius 2 is 2.16 bits per heavy atom. The number of nitrogens with zero attached hydrogens (tertiary/aromatic N) is 2. The highest BCUT2D eigenvalue weighted by Crippen LogP contribution is 2.23. The fraction of sp³-hybridized carbons (Fsp3) is 0.500. The first-order valence-electron chi connectivity index (χ1n) is 6.63. The molecule has 2 aromatic rings. The highest BCUT2D eigenvalue weighted by atomic mass is 16.3. The lowest BCUT2D eigenvalue weighted by Crippen LogP contribution is -2.11. The number of H-pyrrole nitrogens is 1. The highest BCUT2D eigenvalue weighted by Gasteiger charge is 2.12. The Morgan fingerprint density at radius 3 is 2.74 bits per heavy atom. The van der Waals surface area contributed by atoms with Gasteiger partial charge in [0.1, 0.15) is 5.82 Å². The molecule has 5 heteroatoms. The molecule has 0 unspecified atom stereocenters. The van der Waals surface area contributed by atoms with Crippen molar-refractivity contribution >= 4 is 11.6 Å². The van der Waals surface area contributed by atoms with Crippen LogP contribution in [0, 0.1) is 6.92 Å². The molecule has 0 radical (unpaired) electrons. The lowest BCUT2D eigenvalue weighted by atomic mass is 10.1. The van der Waals surface area contributed by atoms with Crippen LogP contribution in [0.3, 0.4) is 0 Å². The summed E-state index contributed by atoms with van der Waals surface area (Å²) >= 11 is 0. The van der Waals surface area contributed by atoms with Crippen LogP contribution in [0.1, 0.15) is 23.6 Å². The first kappa shape index (κ1) is 13.5. The van der Waals surface area contributed by atoms with E-state index in [4.69, 9.17) is 4.42 Å². The zero-order valence-corrected chi connectivity index (χ0v) is 12.1. The van der Waals surface area contributed by atoms with E-state index in [1.54, 1.807) is 6.26 Å². The van der Waals surface area contributed by atoms with Crippen LogP contribution in [-0.2, 0) is 12.8 Å². The van der Waals surface area contributed by atoms with Crippen molar-refractivity contribution < 1.29 is 4.42 Å². The van der Waals surface area contributed by atoms with Crippen molar-refractivity contribution in [3.05, 3.63) is 29.2 Å². The number of aromatic nitrogens is 2. The van der Waals surface area contributed by atoms with Crippen LogP contribution < -0.4 is 10.2 Å². The van der Waals surface area contributed by atoms with E-state index in [9.17, 15) is 0 Å². The molecule has 0 fully saturated rings. The number of rotatable bonds is 6. The van der Waals surface area contributed by atoms with Crippen molar-refractivity contribution in [2.45, 2.75) is 26.7 Å². The maximum absolute atomic E-state index is 5.17. The second-order valence-electron chi connectivity index (χ2n) is 4.91. The summed E-state index contributed by atoms with van der Waals surface area (Å²) in [6, 6.07) is 0. The van der Waals surface area contributed by atoms with Crippen LogP contribution >= 0.6 is 0 Å². The molecule has 2 aromatic heterocycles. The van der Waals surface area contributed by atoms with Gasteiger partial charge in [0.05, 0.1) is 12.5 Å². The molecule has 0 amide bonds. The second-order valence-corrected chi connectivity index (χ2v) is 4.91. The number of anilines is 2. The van der Waals surface area contributed by atoms with E-state index in [0.29, 0.717) is 0 Å². The lowest BCUT2D eigenvalue weighted by molar-refractivity contribution is 0.562. The summed E-state index contributed by atoms with van der Waals surface area (Å²) in [5.74, 6) is 2.02. The number of furan rings is 1. The quantitative estimate of drug-likeness (QED) is 0.840. The fourth-order valence-electron chi connectivity index (χ4n) is 2.17. The number of aryl methyl sites for hydroxylation is 1. The first-order chi connectivity index (χ1) is 9.13. The topological polar surface area (TPSA) is 57.1 Å². The van der Waals surface area contributed by atoms with Gasteiger partial charge in [-0.05, 0) is 30.9 Å². The van der Waals surface area contributed by atoms with Crippen molar-refractivity contribution in [1.29, 1.82) is 0 Å². The van der Waals surface area contributed by atoms with Gasteiger partial charge in [-0.25, -0.2) is 0 Å². The van der Waals surface area contributed by atoms with E-state index in [1.807, 2.05) is 25.3 Å². The molecule has 104 valence electrons. The van der Waals surface area contributed by atoms with Crippen molar-refractivity contribution in [3.63, 3.8) is 0 Å². The molecule has 0 saturated carbocycles. The van der Waals surface area contributed by atoms with E-state index < -0.39 is 0 Å². The largest absolute Gasteiger partial charge is 0.472 e. The molecular formula is C14H22N4O. The number of hydrogen-bond donors (Lipinski definition) is 2. The van der Waals surface area contributed by atoms with Gasteiger partial charge in [-0.15, -0.1) is 0 Å². The summed E-state index contributed by atoms with van der Waals surface area (Å²) in [6.45, 7) is 5.07. The summed E-state index contributed by atoms with van der Waals surface area (Å²) in [4.78, 5) is 2.03. The van der Waals surface area contributed by atoms with Crippen molar-refractivity contribution in [3.8, 4) is 0 Å². The van der Waals surface area contributed by atoms with Crippen LogP contribution in [-0.4, -0.2) is 30.8 Å². The van der Waals surface area contributed by atoms with E-state index in [0.717, 1.165) is 31.0 Å². The van der Waals surface area contributed by atoms with Gasteiger partial charge in [0.2, 0.25) is 0 Å². The minimum Gasteiger partial charge on any atom is -0.472 e. The highest BCUT2D eigenvalue weighted by molar-refractivity contribution is 5.59. The van der Waals surface area contributed by atoms with Gasteiger partial charge in [0, 0.05) is 26.2 Å². The molecule has 2 heterocycles. The predicted octanol–water partition coefficient (Wildman–Crippen LogP) is 2.59. The monoisotopic (exact) mass is 262 g/mol. The van der Waals surface area contributed by atoms with E-state index in [2.05, 4.69) is 29.4 Å². The molecule has 2 rings (SSSR count). The molecular weight excluding hydrogens is 240 g/mol. The maximum atomic E-state index is 5.17. The second kappa shape index (κ2) is 5.82. The molecule has 0 atom stereocenters. The Labute approximate surface area is 114 Å². The Balaban J connectivity index is 1.98. The Kier molecular flexibility index (Phi) is 4.14. The fourth-order valence-corrected chi connectivity index (χ4v) is 2.17. The van der Waals surface area contributed by atoms with Crippen molar-refractivity contribution in [2.75, 3.05) is 30.9 Å². The number of aromatic amines is 1. The van der Waals surface area contributed by atoms with Crippen molar-refractivity contribution in [2.24, 2.45) is 0 Å². The Bertz CT molecular complexity index is 527. The zero-order chi connectivity index (χ0) is 13.8. The molecule has 0 aliphatic carbocycles. The molecule has 0 aliphatic rings. The standard InChI is InChI=1S/C14H22N4O/c1-5-12-13(16-17-14(12)18(3)4)15-7-6-11-9-19-8-10(11)2/h8-9H,5-7H2,1-4H3,(H2,15,16,17). The number of hydrogen-bond acceptors (Lipinski definition) is 4. The molecule has 0 saturated heterocycles. The van der Waals surface area contributed by atoms with Gasteiger partial charge in [-0.3, -0.25) is 5.10 Å². The molecule has 0 bridgehead atoms. The average molecular weight is 262 g/mol. The normalized spacial score (nSPS) is 10.7. The van der Waals surface area contributed by atoms with Crippen LogP contribution in [0.4, 0.5) is 11.6 Å². The van der Waals surface area contributed by atoms with Crippen LogP contribution in [0.2, 0.25) is 0 Å². The molecule has 0 aromatic carbocycles. The van der Waals surface area contributed by atoms with Crippen LogP contribution in [0.25, 0.3) is 0 Å². The molecule has 0 spiro atoms. The van der Waals surface area contributed by atoms with Crippen molar-refractivity contribution in [1.82, 2.24) is 10.2 Å². The van der Waals surface area contributed by atoms with Gasteiger partial charge in [0.25, 0.3) is 0 Å². The SMILES string of the molecule is CCc1c(N(C)C)n[nH]c1NCCc1cocc1C. The minimum atomic E-state index is 0.864.